The van der Waals surface area contributed by atoms with Crippen molar-refractivity contribution < 1.29 is 0 Å². The van der Waals surface area contributed by atoms with Crippen molar-refractivity contribution in [1.29, 1.82) is 5.26 Å². The Kier molecular flexibility index (Phi) is 2.18. The standard InChI is InChI=1S/C11H8N4O/c1-7(6-12)10-14-9-5-3-2-4-8(9)11(16)15(10)13/h2-5H,1,13H2. The molecule has 1 aromatic heterocycles. The van der Waals surface area contributed by atoms with Gasteiger partial charge in [-0.3, -0.25) is 4.79 Å². The van der Waals surface area contributed by atoms with E-state index in [2.05, 4.69) is 11.6 Å². The van der Waals surface area contributed by atoms with Crippen LogP contribution in [0.2, 0.25) is 0 Å². The zero-order valence-electron chi connectivity index (χ0n) is 8.34. The average molecular weight is 212 g/mol. The summed E-state index contributed by atoms with van der Waals surface area (Å²) in [6.07, 6.45) is 0. The van der Waals surface area contributed by atoms with E-state index in [1.807, 2.05) is 6.07 Å². The molecule has 1 aromatic carbocycles. The van der Waals surface area contributed by atoms with E-state index in [1.165, 1.54) is 0 Å². The molecule has 0 radical (unpaired) electrons. The average Bonchev–Trinajstić information content (AvgIpc) is 2.33. The van der Waals surface area contributed by atoms with E-state index >= 15 is 0 Å². The molecule has 0 aliphatic heterocycles. The number of allylic oxidation sites excluding steroid dienone is 1. The second kappa shape index (κ2) is 3.51. The quantitative estimate of drug-likeness (QED) is 0.555. The SMILES string of the molecule is C=C(C#N)c1nc2ccccc2c(=O)n1N. The number of hydrogen-bond donors (Lipinski definition) is 1. The van der Waals surface area contributed by atoms with Crippen LogP contribution in [-0.4, -0.2) is 9.66 Å². The highest BCUT2D eigenvalue weighted by Gasteiger charge is 2.10. The summed E-state index contributed by atoms with van der Waals surface area (Å²) in [7, 11) is 0. The molecule has 0 unspecified atom stereocenters. The van der Waals surface area contributed by atoms with Gasteiger partial charge in [-0.25, -0.2) is 9.66 Å². The van der Waals surface area contributed by atoms with Crippen molar-refractivity contribution in [2.24, 2.45) is 0 Å². The van der Waals surface area contributed by atoms with Crippen molar-refractivity contribution in [2.45, 2.75) is 0 Å². The lowest BCUT2D eigenvalue weighted by atomic mass is 10.2. The van der Waals surface area contributed by atoms with E-state index in [0.29, 0.717) is 10.9 Å². The molecule has 2 N–H and O–H groups in total. The zero-order valence-corrected chi connectivity index (χ0v) is 8.34. The normalized spacial score (nSPS) is 9.94. The molecule has 0 bridgehead atoms. The predicted octanol–water partition coefficient (Wildman–Crippen LogP) is 0.647. The number of benzene rings is 1. The fourth-order valence-corrected chi connectivity index (χ4v) is 1.41. The third kappa shape index (κ3) is 1.33. The molecule has 0 fully saturated rings. The van der Waals surface area contributed by atoms with Crippen molar-refractivity contribution in [1.82, 2.24) is 9.66 Å². The van der Waals surface area contributed by atoms with Gasteiger partial charge in [-0.1, -0.05) is 18.7 Å². The first kappa shape index (κ1) is 9.93. The van der Waals surface area contributed by atoms with Gasteiger partial charge in [0.2, 0.25) is 0 Å². The molecule has 16 heavy (non-hydrogen) atoms. The number of aromatic nitrogens is 2. The molecule has 2 aromatic rings. The summed E-state index contributed by atoms with van der Waals surface area (Å²) >= 11 is 0. The van der Waals surface area contributed by atoms with Gasteiger partial charge in [0.1, 0.15) is 6.07 Å². The van der Waals surface area contributed by atoms with Gasteiger partial charge in [0.05, 0.1) is 16.5 Å². The van der Waals surface area contributed by atoms with Crippen LogP contribution in [0.15, 0.2) is 35.6 Å². The van der Waals surface area contributed by atoms with E-state index in [9.17, 15) is 4.79 Å². The van der Waals surface area contributed by atoms with E-state index < -0.39 is 5.56 Å². The van der Waals surface area contributed by atoms with Crippen LogP contribution < -0.4 is 11.4 Å². The monoisotopic (exact) mass is 212 g/mol. The Morgan fingerprint density at radius 2 is 2.19 bits per heavy atom. The molecule has 0 aliphatic rings. The maximum Gasteiger partial charge on any atom is 0.280 e. The lowest BCUT2D eigenvalue weighted by molar-refractivity contribution is 0.891. The molecular weight excluding hydrogens is 204 g/mol. The fraction of sp³-hybridized carbons (Fsp3) is 0. The number of fused-ring (bicyclic) bond motifs is 1. The minimum atomic E-state index is -0.392. The fourth-order valence-electron chi connectivity index (χ4n) is 1.41. The van der Waals surface area contributed by atoms with Gasteiger partial charge in [0, 0.05) is 0 Å². The lowest BCUT2D eigenvalue weighted by Crippen LogP contribution is -2.31. The molecular formula is C11H8N4O. The first-order chi connectivity index (χ1) is 7.65. The molecule has 0 spiro atoms. The number of nitriles is 1. The van der Waals surface area contributed by atoms with Gasteiger partial charge >= 0.3 is 0 Å². The molecule has 0 atom stereocenters. The highest BCUT2D eigenvalue weighted by Crippen LogP contribution is 2.10. The van der Waals surface area contributed by atoms with Crippen LogP contribution in [0.5, 0.6) is 0 Å². The number of nitrogens with zero attached hydrogens (tertiary/aromatic N) is 3. The van der Waals surface area contributed by atoms with Crippen LogP contribution in [0.3, 0.4) is 0 Å². The largest absolute Gasteiger partial charge is 0.334 e. The molecule has 0 amide bonds. The maximum absolute atomic E-state index is 11.8. The number of nitrogen functional groups attached to an aromatic ring is 1. The van der Waals surface area contributed by atoms with Crippen LogP contribution in [0.1, 0.15) is 5.82 Å². The van der Waals surface area contributed by atoms with E-state index in [-0.39, 0.29) is 11.4 Å². The first-order valence-electron chi connectivity index (χ1n) is 4.51. The molecule has 1 heterocycles. The van der Waals surface area contributed by atoms with Crippen molar-refractivity contribution in [3.8, 4) is 6.07 Å². The van der Waals surface area contributed by atoms with Crippen molar-refractivity contribution >= 4 is 16.5 Å². The summed E-state index contributed by atoms with van der Waals surface area (Å²) in [6, 6.07) is 8.62. The Bertz CT molecular complexity index is 678. The molecule has 5 heteroatoms. The minimum absolute atomic E-state index is 0.0605. The Hall–Kier alpha value is -2.61. The van der Waals surface area contributed by atoms with E-state index in [0.717, 1.165) is 4.68 Å². The van der Waals surface area contributed by atoms with E-state index in [1.54, 1.807) is 24.3 Å². The lowest BCUT2D eigenvalue weighted by Gasteiger charge is -2.06. The van der Waals surface area contributed by atoms with Crippen molar-refractivity contribution in [3.63, 3.8) is 0 Å². The van der Waals surface area contributed by atoms with Crippen LogP contribution in [0, 0.1) is 11.3 Å². The highest BCUT2D eigenvalue weighted by molar-refractivity contribution is 5.80. The van der Waals surface area contributed by atoms with Gasteiger partial charge in [0.25, 0.3) is 5.56 Å². The second-order valence-electron chi connectivity index (χ2n) is 3.22. The Balaban J connectivity index is 2.91. The number of hydrogen-bond acceptors (Lipinski definition) is 4. The van der Waals surface area contributed by atoms with Gasteiger partial charge in [-0.2, -0.15) is 5.26 Å². The number of nitrogens with two attached hydrogens (primary N) is 1. The third-order valence-corrected chi connectivity index (χ3v) is 2.21. The van der Waals surface area contributed by atoms with Gasteiger partial charge in [-0.05, 0) is 12.1 Å². The smallest absolute Gasteiger partial charge is 0.280 e. The summed E-state index contributed by atoms with van der Waals surface area (Å²) in [5.74, 6) is 5.64. The third-order valence-electron chi connectivity index (χ3n) is 2.21. The van der Waals surface area contributed by atoms with Crippen molar-refractivity contribution in [3.05, 3.63) is 47.0 Å². The van der Waals surface area contributed by atoms with Gasteiger partial charge < -0.3 is 5.84 Å². The van der Waals surface area contributed by atoms with Crippen LogP contribution in [0.25, 0.3) is 16.5 Å². The first-order valence-corrected chi connectivity index (χ1v) is 4.51. The Morgan fingerprint density at radius 3 is 2.88 bits per heavy atom. The van der Waals surface area contributed by atoms with Crippen LogP contribution in [0.4, 0.5) is 0 Å². The molecule has 5 nitrogen and oxygen atoms in total. The molecule has 2 rings (SSSR count). The molecule has 78 valence electrons. The summed E-state index contributed by atoms with van der Waals surface area (Å²) in [4.78, 5) is 15.9. The van der Waals surface area contributed by atoms with Crippen LogP contribution in [-0.2, 0) is 0 Å². The summed E-state index contributed by atoms with van der Waals surface area (Å²) < 4.78 is 0.841. The summed E-state index contributed by atoms with van der Waals surface area (Å²) in [5.41, 5.74) is 0.169. The molecule has 0 saturated carbocycles. The highest BCUT2D eigenvalue weighted by atomic mass is 16.1. The van der Waals surface area contributed by atoms with Crippen LogP contribution >= 0.6 is 0 Å². The summed E-state index contributed by atoms with van der Waals surface area (Å²) in [6.45, 7) is 3.49. The number of rotatable bonds is 1. The summed E-state index contributed by atoms with van der Waals surface area (Å²) in [5, 5.41) is 9.13. The number of para-hydroxylation sites is 1. The van der Waals surface area contributed by atoms with Crippen molar-refractivity contribution in [2.75, 3.05) is 5.84 Å². The van der Waals surface area contributed by atoms with Gasteiger partial charge in [0.15, 0.2) is 5.82 Å². The zero-order chi connectivity index (χ0) is 11.7. The Labute approximate surface area is 91.0 Å². The Morgan fingerprint density at radius 1 is 1.50 bits per heavy atom. The topological polar surface area (TPSA) is 84.7 Å². The van der Waals surface area contributed by atoms with E-state index in [4.69, 9.17) is 11.1 Å². The predicted molar refractivity (Wildman–Crippen MR) is 60.8 cm³/mol. The molecule has 0 aliphatic carbocycles. The van der Waals surface area contributed by atoms with Gasteiger partial charge in [-0.15, -0.1) is 0 Å². The maximum atomic E-state index is 11.8. The molecule has 0 saturated heterocycles. The minimum Gasteiger partial charge on any atom is -0.334 e. The second-order valence-corrected chi connectivity index (χ2v) is 3.22.